The molecule has 0 aliphatic rings. The summed E-state index contributed by atoms with van der Waals surface area (Å²) in [4.78, 5) is 8.10. The second-order valence-electron chi connectivity index (χ2n) is 5.57. The van der Waals surface area contributed by atoms with Crippen molar-refractivity contribution < 1.29 is 0 Å². The van der Waals surface area contributed by atoms with E-state index in [1.165, 1.54) is 0 Å². The van der Waals surface area contributed by atoms with Gasteiger partial charge in [-0.05, 0) is 71.2 Å². The third kappa shape index (κ3) is 7.18. The number of hydrogen-bond acceptors (Lipinski definition) is 5. The van der Waals surface area contributed by atoms with Gasteiger partial charge in [-0.3, -0.25) is 15.8 Å². The summed E-state index contributed by atoms with van der Waals surface area (Å²) >= 11 is 10.8. The molecule has 9 heteroatoms. The first kappa shape index (κ1) is 22.9. The Hall–Kier alpha value is -2.13. The van der Waals surface area contributed by atoms with E-state index in [4.69, 9.17) is 24.4 Å². The van der Waals surface area contributed by atoms with Crippen LogP contribution in [0, 0.1) is 0 Å². The molecule has 1 heterocycles. The van der Waals surface area contributed by atoms with Crippen LogP contribution in [-0.2, 0) is 0 Å². The normalized spacial score (nSPS) is 11.7. The molecule has 0 amide bonds. The fraction of sp³-hybridized carbons (Fsp3) is 0.500. The second-order valence-corrected chi connectivity index (χ2v) is 6.35. The molecule has 0 spiro atoms. The fourth-order valence-corrected chi connectivity index (χ4v) is 2.92. The van der Waals surface area contributed by atoms with E-state index in [0.29, 0.717) is 21.6 Å². The number of hydrazone groups is 2. The molecule has 0 unspecified atom stereocenters. The first-order valence-corrected chi connectivity index (χ1v) is 9.92. The van der Waals surface area contributed by atoms with Gasteiger partial charge in [0.25, 0.3) is 0 Å². The quantitative estimate of drug-likeness (QED) is 0.390. The first-order chi connectivity index (χ1) is 13.0. The molecule has 0 aliphatic heterocycles. The Kier molecular flexibility index (Phi) is 10.4. The van der Waals surface area contributed by atoms with Crippen molar-refractivity contribution in [3.05, 3.63) is 30.1 Å². The van der Waals surface area contributed by atoms with Gasteiger partial charge in [0.2, 0.25) is 0 Å². The van der Waals surface area contributed by atoms with Crippen LogP contribution in [0.25, 0.3) is 0 Å². The maximum Gasteiger partial charge on any atom is 0.189 e. The van der Waals surface area contributed by atoms with Crippen LogP contribution < -0.4 is 10.9 Å². The zero-order valence-electron chi connectivity index (χ0n) is 16.7. The predicted octanol–water partition coefficient (Wildman–Crippen LogP) is 2.59. The monoisotopic (exact) mass is 407 g/mol. The summed E-state index contributed by atoms with van der Waals surface area (Å²) in [6.07, 6.45) is 3.43. The fourth-order valence-electron chi connectivity index (χ4n) is 2.32. The minimum Gasteiger partial charge on any atom is -0.348 e. The van der Waals surface area contributed by atoms with Gasteiger partial charge in [0.1, 0.15) is 5.71 Å². The molecule has 2 N–H and O–H groups in total. The molecule has 0 atom stereocenters. The highest BCUT2D eigenvalue weighted by atomic mass is 32.1. The summed E-state index contributed by atoms with van der Waals surface area (Å²) in [5, 5.41) is 10.1. The molecule has 7 nitrogen and oxygen atoms in total. The largest absolute Gasteiger partial charge is 0.348 e. The van der Waals surface area contributed by atoms with E-state index < -0.39 is 0 Å². The van der Waals surface area contributed by atoms with Gasteiger partial charge in [0, 0.05) is 44.1 Å². The van der Waals surface area contributed by atoms with Crippen LogP contribution in [0.2, 0.25) is 0 Å². The number of nitrogens with zero attached hydrogens (tertiary/aromatic N) is 5. The van der Waals surface area contributed by atoms with Crippen LogP contribution in [0.1, 0.15) is 40.2 Å². The van der Waals surface area contributed by atoms with Crippen molar-refractivity contribution in [3.8, 4) is 0 Å². The second kappa shape index (κ2) is 12.3. The molecule has 27 heavy (non-hydrogen) atoms. The van der Waals surface area contributed by atoms with E-state index in [1.807, 2.05) is 28.9 Å². The lowest BCUT2D eigenvalue weighted by Crippen LogP contribution is -2.39. The molecule has 1 rings (SSSR count). The van der Waals surface area contributed by atoms with Gasteiger partial charge in [-0.25, -0.2) is 0 Å². The van der Waals surface area contributed by atoms with E-state index >= 15 is 0 Å². The number of thiocarbonyl (C=S) groups is 2. The lowest BCUT2D eigenvalue weighted by Gasteiger charge is -2.21. The smallest absolute Gasteiger partial charge is 0.189 e. The van der Waals surface area contributed by atoms with E-state index in [2.05, 4.69) is 53.7 Å². The molecule has 0 bridgehead atoms. The van der Waals surface area contributed by atoms with Crippen molar-refractivity contribution in [3.63, 3.8) is 0 Å². The van der Waals surface area contributed by atoms with E-state index in [9.17, 15) is 0 Å². The highest BCUT2D eigenvalue weighted by Crippen LogP contribution is 2.02. The number of hydrogen-bond donors (Lipinski definition) is 2. The molecular weight excluding hydrogens is 378 g/mol. The van der Waals surface area contributed by atoms with Gasteiger partial charge in [0.05, 0.1) is 5.71 Å². The SMILES string of the molecule is CCN(CC)C(=S)N/N=C(C)/C(=N/NC(=S)N(CC)CC)c1ccncc1. The summed E-state index contributed by atoms with van der Waals surface area (Å²) in [6, 6.07) is 3.76. The summed E-state index contributed by atoms with van der Waals surface area (Å²) in [7, 11) is 0. The van der Waals surface area contributed by atoms with Crippen LogP contribution in [0.15, 0.2) is 34.7 Å². The Morgan fingerprint density at radius 2 is 1.33 bits per heavy atom. The van der Waals surface area contributed by atoms with Crippen LogP contribution in [0.5, 0.6) is 0 Å². The number of rotatable bonds is 8. The zero-order chi connectivity index (χ0) is 20.2. The maximum atomic E-state index is 5.41. The third-order valence-electron chi connectivity index (χ3n) is 3.98. The molecule has 0 saturated heterocycles. The standard InChI is InChI=1S/C18H29N7S2/c1-6-24(7-2)17(26)22-20-14(5)16(15-10-12-19-13-11-15)21-23-18(27)25(8-3)9-4/h10-13H,6-9H2,1-5H3,(H,22,26)(H,23,27)/b20-14+,21-16-. The minimum atomic E-state index is 0.575. The topological polar surface area (TPSA) is 68.2 Å². The summed E-state index contributed by atoms with van der Waals surface area (Å²) in [5.41, 5.74) is 8.15. The van der Waals surface area contributed by atoms with Gasteiger partial charge in [-0.15, -0.1) is 0 Å². The molecule has 1 aromatic heterocycles. The molecule has 0 radical (unpaired) electrons. The third-order valence-corrected chi connectivity index (χ3v) is 4.68. The molecular formula is C18H29N7S2. The average Bonchev–Trinajstić information content (AvgIpc) is 2.69. The molecule has 0 fully saturated rings. The van der Waals surface area contributed by atoms with Crippen molar-refractivity contribution in [2.45, 2.75) is 34.6 Å². The van der Waals surface area contributed by atoms with Gasteiger partial charge in [-0.2, -0.15) is 10.2 Å². The van der Waals surface area contributed by atoms with E-state index in [-0.39, 0.29) is 0 Å². The molecule has 0 saturated carbocycles. The average molecular weight is 408 g/mol. The van der Waals surface area contributed by atoms with Crippen molar-refractivity contribution in [2.24, 2.45) is 10.2 Å². The Morgan fingerprint density at radius 1 is 0.889 bits per heavy atom. The Morgan fingerprint density at radius 3 is 1.78 bits per heavy atom. The van der Waals surface area contributed by atoms with Crippen LogP contribution >= 0.6 is 24.4 Å². The highest BCUT2D eigenvalue weighted by Gasteiger charge is 2.11. The Labute approximate surface area is 172 Å². The van der Waals surface area contributed by atoms with Crippen LogP contribution in [-0.4, -0.2) is 62.6 Å². The minimum absolute atomic E-state index is 0.575. The summed E-state index contributed by atoms with van der Waals surface area (Å²) in [6.45, 7) is 13.4. The van der Waals surface area contributed by atoms with Gasteiger partial charge in [-0.1, -0.05) is 0 Å². The first-order valence-electron chi connectivity index (χ1n) is 9.10. The van der Waals surface area contributed by atoms with Crippen molar-refractivity contribution in [1.82, 2.24) is 25.6 Å². The van der Waals surface area contributed by atoms with Gasteiger partial charge >= 0.3 is 0 Å². The van der Waals surface area contributed by atoms with E-state index in [1.54, 1.807) is 12.4 Å². The van der Waals surface area contributed by atoms with Gasteiger partial charge in [0.15, 0.2) is 10.2 Å². The highest BCUT2D eigenvalue weighted by molar-refractivity contribution is 7.80. The predicted molar refractivity (Wildman–Crippen MR) is 121 cm³/mol. The van der Waals surface area contributed by atoms with E-state index in [0.717, 1.165) is 31.7 Å². The van der Waals surface area contributed by atoms with Crippen molar-refractivity contribution >= 4 is 46.1 Å². The number of aromatic nitrogens is 1. The van der Waals surface area contributed by atoms with Crippen molar-refractivity contribution in [2.75, 3.05) is 26.2 Å². The van der Waals surface area contributed by atoms with Gasteiger partial charge < -0.3 is 9.80 Å². The Balaban J connectivity index is 3.04. The Bertz CT molecular complexity index is 666. The lowest BCUT2D eigenvalue weighted by molar-refractivity contribution is 0.457. The summed E-state index contributed by atoms with van der Waals surface area (Å²) < 4.78 is 0. The number of nitrogens with one attached hydrogen (secondary N) is 2. The molecule has 1 aromatic rings. The van der Waals surface area contributed by atoms with Crippen LogP contribution in [0.4, 0.5) is 0 Å². The molecule has 0 aliphatic carbocycles. The maximum absolute atomic E-state index is 5.41. The van der Waals surface area contributed by atoms with Crippen molar-refractivity contribution in [1.29, 1.82) is 0 Å². The van der Waals surface area contributed by atoms with Crippen LogP contribution in [0.3, 0.4) is 0 Å². The molecule has 0 aromatic carbocycles. The lowest BCUT2D eigenvalue weighted by atomic mass is 10.1. The number of pyridine rings is 1. The zero-order valence-corrected chi connectivity index (χ0v) is 18.3. The molecule has 148 valence electrons. The summed E-state index contributed by atoms with van der Waals surface area (Å²) in [5.74, 6) is 0.